The normalized spacial score (nSPS) is 10.4. The molecule has 3 heteroatoms. The van der Waals surface area contributed by atoms with E-state index in [2.05, 4.69) is 16.0 Å². The van der Waals surface area contributed by atoms with Gasteiger partial charge in [0.2, 0.25) is 0 Å². The Bertz CT molecular complexity index is 682. The Morgan fingerprint density at radius 2 is 1.58 bits per heavy atom. The molecule has 0 aliphatic heterocycles. The van der Waals surface area contributed by atoms with Crippen LogP contribution in [0.25, 0.3) is 22.3 Å². The highest BCUT2D eigenvalue weighted by molar-refractivity contribution is 6.33. The van der Waals surface area contributed by atoms with Crippen LogP contribution in [0.2, 0.25) is 5.02 Å². The predicted molar refractivity (Wildman–Crippen MR) is 77.9 cm³/mol. The monoisotopic (exact) mass is 266 g/mol. The summed E-state index contributed by atoms with van der Waals surface area (Å²) >= 11 is 6.28. The minimum absolute atomic E-state index is 0.735. The first-order valence-corrected chi connectivity index (χ1v) is 6.33. The number of hydrogen-bond acceptors (Lipinski definition) is 2. The molecule has 0 radical (unpaired) electrons. The van der Waals surface area contributed by atoms with E-state index in [1.165, 1.54) is 0 Å². The smallest absolute Gasteiger partial charge is 0.0484 e. The lowest BCUT2D eigenvalue weighted by molar-refractivity contribution is 1.32. The van der Waals surface area contributed by atoms with Gasteiger partial charge in [-0.05, 0) is 41.5 Å². The van der Waals surface area contributed by atoms with Crippen LogP contribution < -0.4 is 0 Å². The van der Waals surface area contributed by atoms with Crippen molar-refractivity contribution >= 4 is 11.6 Å². The highest BCUT2D eigenvalue weighted by Gasteiger charge is 2.06. The van der Waals surface area contributed by atoms with E-state index >= 15 is 0 Å². The highest BCUT2D eigenvalue weighted by atomic mass is 35.5. The van der Waals surface area contributed by atoms with E-state index in [-0.39, 0.29) is 0 Å². The number of aromatic nitrogens is 2. The van der Waals surface area contributed by atoms with Gasteiger partial charge in [0, 0.05) is 40.9 Å². The van der Waals surface area contributed by atoms with Crippen molar-refractivity contribution in [2.45, 2.75) is 0 Å². The maximum atomic E-state index is 6.28. The lowest BCUT2D eigenvalue weighted by Gasteiger charge is -2.08. The van der Waals surface area contributed by atoms with Gasteiger partial charge in [-0.15, -0.1) is 0 Å². The molecule has 0 unspecified atom stereocenters. The van der Waals surface area contributed by atoms with E-state index < -0.39 is 0 Å². The quantitative estimate of drug-likeness (QED) is 0.684. The maximum Gasteiger partial charge on any atom is 0.0484 e. The fourth-order valence-electron chi connectivity index (χ4n) is 1.99. The summed E-state index contributed by atoms with van der Waals surface area (Å²) in [6.07, 6.45) is 7.15. The first-order valence-electron chi connectivity index (χ1n) is 5.95. The molecule has 0 saturated carbocycles. The zero-order valence-electron chi connectivity index (χ0n) is 10.1. The Kier molecular flexibility index (Phi) is 3.25. The van der Waals surface area contributed by atoms with Crippen LogP contribution in [0.4, 0.5) is 0 Å². The summed E-state index contributed by atoms with van der Waals surface area (Å²) in [6.45, 7) is 0. The summed E-state index contributed by atoms with van der Waals surface area (Å²) < 4.78 is 0. The van der Waals surface area contributed by atoms with E-state index in [4.69, 9.17) is 11.6 Å². The summed E-state index contributed by atoms with van der Waals surface area (Å²) in [6, 6.07) is 13.9. The Balaban J connectivity index is 2.12. The average molecular weight is 267 g/mol. The molecule has 0 amide bonds. The number of hydrogen-bond donors (Lipinski definition) is 0. The van der Waals surface area contributed by atoms with Crippen LogP contribution >= 0.6 is 11.6 Å². The molecule has 2 aromatic heterocycles. The van der Waals surface area contributed by atoms with Crippen molar-refractivity contribution in [3.8, 4) is 22.3 Å². The Morgan fingerprint density at radius 1 is 0.737 bits per heavy atom. The van der Waals surface area contributed by atoms with Crippen LogP contribution in [0, 0.1) is 0 Å². The minimum atomic E-state index is 0.735. The number of pyridine rings is 2. The molecule has 3 aromatic rings. The molecule has 0 bridgehead atoms. The fourth-order valence-corrected chi connectivity index (χ4v) is 2.22. The lowest BCUT2D eigenvalue weighted by Crippen LogP contribution is -1.84. The van der Waals surface area contributed by atoms with Crippen molar-refractivity contribution in [3.05, 3.63) is 72.3 Å². The first-order chi connectivity index (χ1) is 9.34. The van der Waals surface area contributed by atoms with E-state index in [9.17, 15) is 0 Å². The molecule has 0 aliphatic rings. The van der Waals surface area contributed by atoms with Crippen LogP contribution in [0.1, 0.15) is 0 Å². The largest absolute Gasteiger partial charge is 0.265 e. The molecular weight excluding hydrogens is 256 g/mol. The topological polar surface area (TPSA) is 25.8 Å². The molecule has 0 aliphatic carbocycles. The molecule has 1 aromatic carbocycles. The molecular formula is C16H11ClN2. The van der Waals surface area contributed by atoms with E-state index in [1.807, 2.05) is 42.6 Å². The summed E-state index contributed by atoms with van der Waals surface area (Å²) in [5.41, 5.74) is 4.25. The molecule has 3 rings (SSSR count). The molecule has 2 heterocycles. The zero-order chi connectivity index (χ0) is 13.1. The van der Waals surface area contributed by atoms with Gasteiger partial charge < -0.3 is 0 Å². The maximum absolute atomic E-state index is 6.28. The predicted octanol–water partition coefficient (Wildman–Crippen LogP) is 4.46. The van der Waals surface area contributed by atoms with E-state index in [0.29, 0.717) is 0 Å². The second kappa shape index (κ2) is 5.21. The van der Waals surface area contributed by atoms with E-state index in [0.717, 1.165) is 27.3 Å². The second-order valence-electron chi connectivity index (χ2n) is 4.17. The molecule has 0 spiro atoms. The number of rotatable bonds is 2. The SMILES string of the molecule is Clc1ccc(-c2cccnc2)cc1-c1ccncc1. The van der Waals surface area contributed by atoms with Gasteiger partial charge in [-0.1, -0.05) is 23.7 Å². The third-order valence-electron chi connectivity index (χ3n) is 2.95. The summed E-state index contributed by atoms with van der Waals surface area (Å²) in [7, 11) is 0. The van der Waals surface area contributed by atoms with Gasteiger partial charge in [0.05, 0.1) is 0 Å². The van der Waals surface area contributed by atoms with Crippen LogP contribution in [0.5, 0.6) is 0 Å². The molecule has 0 atom stereocenters. The van der Waals surface area contributed by atoms with Crippen molar-refractivity contribution in [1.29, 1.82) is 0 Å². The Labute approximate surface area is 116 Å². The van der Waals surface area contributed by atoms with Crippen molar-refractivity contribution in [1.82, 2.24) is 9.97 Å². The van der Waals surface area contributed by atoms with Gasteiger partial charge in [0.15, 0.2) is 0 Å². The number of benzene rings is 1. The van der Waals surface area contributed by atoms with Crippen LogP contribution in [-0.2, 0) is 0 Å². The molecule has 0 saturated heterocycles. The van der Waals surface area contributed by atoms with Crippen molar-refractivity contribution in [3.63, 3.8) is 0 Å². The first kappa shape index (κ1) is 11.9. The second-order valence-corrected chi connectivity index (χ2v) is 4.58. The molecule has 19 heavy (non-hydrogen) atoms. The van der Waals surface area contributed by atoms with Crippen molar-refractivity contribution in [2.24, 2.45) is 0 Å². The third-order valence-corrected chi connectivity index (χ3v) is 3.28. The highest BCUT2D eigenvalue weighted by Crippen LogP contribution is 2.31. The minimum Gasteiger partial charge on any atom is -0.265 e. The van der Waals surface area contributed by atoms with Gasteiger partial charge >= 0.3 is 0 Å². The number of nitrogens with zero attached hydrogens (tertiary/aromatic N) is 2. The van der Waals surface area contributed by atoms with Crippen molar-refractivity contribution in [2.75, 3.05) is 0 Å². The molecule has 2 nitrogen and oxygen atoms in total. The molecule has 0 N–H and O–H groups in total. The van der Waals surface area contributed by atoms with Crippen molar-refractivity contribution < 1.29 is 0 Å². The standard InChI is InChI=1S/C16H11ClN2/c17-16-4-3-13(14-2-1-7-19-11-14)10-15(16)12-5-8-18-9-6-12/h1-11H. The average Bonchev–Trinajstić information content (AvgIpc) is 2.49. The van der Waals surface area contributed by atoms with Gasteiger partial charge in [-0.3, -0.25) is 9.97 Å². The van der Waals surface area contributed by atoms with Crippen LogP contribution in [0.3, 0.4) is 0 Å². The van der Waals surface area contributed by atoms with Gasteiger partial charge in [-0.25, -0.2) is 0 Å². The lowest BCUT2D eigenvalue weighted by atomic mass is 10.0. The number of halogens is 1. The van der Waals surface area contributed by atoms with Gasteiger partial charge in [-0.2, -0.15) is 0 Å². The zero-order valence-corrected chi connectivity index (χ0v) is 10.9. The third kappa shape index (κ3) is 2.49. The Morgan fingerprint density at radius 3 is 2.32 bits per heavy atom. The molecule has 92 valence electrons. The summed E-state index contributed by atoms with van der Waals surface area (Å²) in [5.74, 6) is 0. The summed E-state index contributed by atoms with van der Waals surface area (Å²) in [4.78, 5) is 8.17. The summed E-state index contributed by atoms with van der Waals surface area (Å²) in [5, 5.41) is 0.735. The van der Waals surface area contributed by atoms with E-state index in [1.54, 1.807) is 18.6 Å². The van der Waals surface area contributed by atoms with Gasteiger partial charge in [0.25, 0.3) is 0 Å². The fraction of sp³-hybridized carbons (Fsp3) is 0. The van der Waals surface area contributed by atoms with Crippen LogP contribution in [-0.4, -0.2) is 9.97 Å². The molecule has 0 fully saturated rings. The Hall–Kier alpha value is -2.19. The van der Waals surface area contributed by atoms with Crippen LogP contribution in [0.15, 0.2) is 67.3 Å². The van der Waals surface area contributed by atoms with Gasteiger partial charge in [0.1, 0.15) is 0 Å².